The molecule has 39 heavy (non-hydrogen) atoms. The summed E-state index contributed by atoms with van der Waals surface area (Å²) in [4.78, 5) is 13.1. The van der Waals surface area contributed by atoms with E-state index in [0.29, 0.717) is 40.3 Å². The van der Waals surface area contributed by atoms with Gasteiger partial charge in [0.25, 0.3) is 0 Å². The van der Waals surface area contributed by atoms with E-state index < -0.39 is 42.7 Å². The minimum absolute atomic E-state index is 0.0131. The number of alkyl halides is 5. The topological polar surface area (TPSA) is 77.8 Å². The predicted molar refractivity (Wildman–Crippen MR) is 140 cm³/mol. The zero-order chi connectivity index (χ0) is 28.8. The first-order chi connectivity index (χ1) is 18.3. The Balaban J connectivity index is 2.21. The van der Waals surface area contributed by atoms with E-state index in [1.54, 1.807) is 30.3 Å². The van der Waals surface area contributed by atoms with Gasteiger partial charge in [-0.2, -0.15) is 22.0 Å². The molecule has 0 saturated heterocycles. The third-order valence-corrected chi connectivity index (χ3v) is 7.29. The van der Waals surface area contributed by atoms with Gasteiger partial charge >= 0.3 is 18.1 Å². The summed E-state index contributed by atoms with van der Waals surface area (Å²) in [5.74, 6) is -6.33. The van der Waals surface area contributed by atoms with Crippen LogP contribution in [0.3, 0.4) is 0 Å². The van der Waals surface area contributed by atoms with Crippen LogP contribution in [0.5, 0.6) is 11.5 Å². The molecular formula is C30H33F5O4. The molecule has 9 heteroatoms. The summed E-state index contributed by atoms with van der Waals surface area (Å²) < 4.78 is 66.4. The molecule has 3 aromatic rings. The van der Waals surface area contributed by atoms with Crippen molar-refractivity contribution in [3.8, 4) is 22.6 Å². The lowest BCUT2D eigenvalue weighted by atomic mass is 9.68. The maximum atomic E-state index is 13.9. The summed E-state index contributed by atoms with van der Waals surface area (Å²) in [7, 11) is 0. The van der Waals surface area contributed by atoms with E-state index in [9.17, 15) is 42.1 Å². The van der Waals surface area contributed by atoms with Gasteiger partial charge in [-0.15, -0.1) is 0 Å². The van der Waals surface area contributed by atoms with Gasteiger partial charge in [0.05, 0.1) is 5.41 Å². The van der Waals surface area contributed by atoms with E-state index in [0.717, 1.165) is 19.3 Å². The number of carboxylic acids is 1. The van der Waals surface area contributed by atoms with Gasteiger partial charge in [0.2, 0.25) is 0 Å². The van der Waals surface area contributed by atoms with Crippen LogP contribution in [0.2, 0.25) is 0 Å². The van der Waals surface area contributed by atoms with Gasteiger partial charge in [-0.3, -0.25) is 4.79 Å². The fraction of sp³-hybridized carbons (Fsp3) is 0.433. The number of hydrogen-bond acceptors (Lipinski definition) is 3. The molecule has 0 amide bonds. The van der Waals surface area contributed by atoms with Crippen molar-refractivity contribution in [1.29, 1.82) is 0 Å². The standard InChI is InChI=1S/C30H33F5O4/c1-2-3-4-5-6-16-28(27(38)39,17-7-18-29(31,32)30(33,34)35)26-24(20-8-11-22(36)12-9-20)14-10-21-19-23(37)13-15-25(21)26/h8-15,19,36-37H,2-7,16-18H2,1H3,(H,38,39). The van der Waals surface area contributed by atoms with Crippen LogP contribution < -0.4 is 0 Å². The largest absolute Gasteiger partial charge is 0.508 e. The lowest BCUT2D eigenvalue weighted by molar-refractivity contribution is -0.284. The number of unbranched alkanes of at least 4 members (excludes halogenated alkanes) is 4. The first kappa shape index (κ1) is 30.2. The van der Waals surface area contributed by atoms with Crippen LogP contribution in [0.4, 0.5) is 22.0 Å². The van der Waals surface area contributed by atoms with Gasteiger partial charge in [-0.05, 0) is 71.0 Å². The quantitative estimate of drug-likeness (QED) is 0.146. The smallest absolute Gasteiger partial charge is 0.453 e. The van der Waals surface area contributed by atoms with E-state index in [1.807, 2.05) is 6.92 Å². The number of hydrogen-bond donors (Lipinski definition) is 3. The molecule has 0 aliphatic carbocycles. The van der Waals surface area contributed by atoms with Crippen LogP contribution in [-0.4, -0.2) is 33.4 Å². The van der Waals surface area contributed by atoms with Crippen molar-refractivity contribution in [2.45, 2.75) is 82.2 Å². The van der Waals surface area contributed by atoms with Crippen molar-refractivity contribution in [2.75, 3.05) is 0 Å². The van der Waals surface area contributed by atoms with Crippen LogP contribution >= 0.6 is 0 Å². The van der Waals surface area contributed by atoms with Gasteiger partial charge in [0.15, 0.2) is 0 Å². The number of aromatic hydroxyl groups is 2. The van der Waals surface area contributed by atoms with Crippen LogP contribution in [-0.2, 0) is 10.2 Å². The number of halogens is 5. The number of carboxylic acid groups (broad SMARTS) is 1. The predicted octanol–water partition coefficient (Wildman–Crippen LogP) is 8.97. The van der Waals surface area contributed by atoms with Gasteiger partial charge in [-0.25, -0.2) is 0 Å². The molecule has 0 spiro atoms. The molecule has 0 radical (unpaired) electrons. The summed E-state index contributed by atoms with van der Waals surface area (Å²) in [6.07, 6.45) is -4.48. The molecule has 0 aliphatic heterocycles. The number of phenols is 2. The highest BCUT2D eigenvalue weighted by Crippen LogP contribution is 2.47. The zero-order valence-corrected chi connectivity index (χ0v) is 21.7. The van der Waals surface area contributed by atoms with Crippen molar-refractivity contribution in [3.63, 3.8) is 0 Å². The number of carbonyl (C=O) groups is 1. The van der Waals surface area contributed by atoms with Crippen molar-refractivity contribution < 1.29 is 42.1 Å². The Kier molecular flexibility index (Phi) is 9.46. The Morgan fingerprint density at radius 2 is 1.36 bits per heavy atom. The zero-order valence-electron chi connectivity index (χ0n) is 21.7. The Hall–Kier alpha value is -3.36. The van der Waals surface area contributed by atoms with Crippen molar-refractivity contribution in [3.05, 3.63) is 60.2 Å². The second-order valence-electron chi connectivity index (χ2n) is 10.0. The summed E-state index contributed by atoms with van der Waals surface area (Å²) in [5.41, 5.74) is -0.469. The molecule has 0 aliphatic rings. The lowest BCUT2D eigenvalue weighted by Crippen LogP contribution is -2.39. The van der Waals surface area contributed by atoms with Crippen LogP contribution in [0.1, 0.15) is 70.3 Å². The van der Waals surface area contributed by atoms with Gasteiger partial charge in [0.1, 0.15) is 11.5 Å². The fourth-order valence-corrected chi connectivity index (χ4v) is 5.19. The van der Waals surface area contributed by atoms with E-state index >= 15 is 0 Å². The van der Waals surface area contributed by atoms with Gasteiger partial charge in [0, 0.05) is 6.42 Å². The third kappa shape index (κ3) is 6.81. The first-order valence-electron chi connectivity index (χ1n) is 13.1. The second kappa shape index (κ2) is 12.2. The Bertz CT molecular complexity index is 1270. The minimum atomic E-state index is -5.73. The van der Waals surface area contributed by atoms with E-state index in [4.69, 9.17) is 0 Å². The highest BCUT2D eigenvalue weighted by molar-refractivity contribution is 5.99. The maximum absolute atomic E-state index is 13.9. The second-order valence-corrected chi connectivity index (χ2v) is 10.0. The van der Waals surface area contributed by atoms with E-state index in [1.165, 1.54) is 24.3 Å². The first-order valence-corrected chi connectivity index (χ1v) is 13.1. The summed E-state index contributed by atoms with van der Waals surface area (Å²) in [5, 5.41) is 31.5. The van der Waals surface area contributed by atoms with Crippen molar-refractivity contribution in [1.82, 2.24) is 0 Å². The molecule has 3 aromatic carbocycles. The molecule has 4 nitrogen and oxygen atoms in total. The fourth-order valence-electron chi connectivity index (χ4n) is 5.19. The molecule has 0 fully saturated rings. The molecule has 0 aromatic heterocycles. The van der Waals surface area contributed by atoms with Crippen LogP contribution in [0, 0.1) is 0 Å². The van der Waals surface area contributed by atoms with E-state index in [2.05, 4.69) is 0 Å². The number of aliphatic carboxylic acids is 1. The van der Waals surface area contributed by atoms with Crippen LogP contribution in [0.15, 0.2) is 54.6 Å². The molecule has 0 bridgehead atoms. The molecule has 3 rings (SSSR count). The number of fused-ring (bicyclic) bond motifs is 1. The third-order valence-electron chi connectivity index (χ3n) is 7.29. The number of phenolic OH excluding ortho intramolecular Hbond substituents is 2. The van der Waals surface area contributed by atoms with Crippen molar-refractivity contribution in [2.24, 2.45) is 0 Å². The molecular weight excluding hydrogens is 519 g/mol. The summed E-state index contributed by atoms with van der Waals surface area (Å²) in [6, 6.07) is 13.8. The number of benzene rings is 3. The maximum Gasteiger partial charge on any atom is 0.453 e. The van der Waals surface area contributed by atoms with Gasteiger partial charge in [-0.1, -0.05) is 69.4 Å². The summed E-state index contributed by atoms with van der Waals surface area (Å²) in [6.45, 7) is 2.03. The Morgan fingerprint density at radius 1 is 0.744 bits per heavy atom. The minimum Gasteiger partial charge on any atom is -0.508 e. The highest BCUT2D eigenvalue weighted by atomic mass is 19.4. The molecule has 0 saturated carbocycles. The molecule has 212 valence electrons. The highest BCUT2D eigenvalue weighted by Gasteiger charge is 2.57. The average Bonchev–Trinajstić information content (AvgIpc) is 2.86. The Labute approximate surface area is 224 Å². The van der Waals surface area contributed by atoms with Gasteiger partial charge < -0.3 is 15.3 Å². The molecule has 3 N–H and O–H groups in total. The average molecular weight is 553 g/mol. The molecule has 1 atom stereocenters. The van der Waals surface area contributed by atoms with Crippen molar-refractivity contribution >= 4 is 16.7 Å². The molecule has 1 unspecified atom stereocenters. The number of rotatable bonds is 13. The monoisotopic (exact) mass is 552 g/mol. The summed E-state index contributed by atoms with van der Waals surface area (Å²) >= 11 is 0. The van der Waals surface area contributed by atoms with Crippen LogP contribution in [0.25, 0.3) is 21.9 Å². The SMILES string of the molecule is CCCCCCCC(CCCC(F)(F)C(F)(F)F)(C(=O)O)c1c(-c2ccc(O)cc2)ccc2cc(O)ccc12. The molecule has 0 heterocycles. The van der Waals surface area contributed by atoms with E-state index in [-0.39, 0.29) is 17.9 Å². The lowest BCUT2D eigenvalue weighted by Gasteiger charge is -2.34. The Morgan fingerprint density at radius 3 is 1.97 bits per heavy atom. The normalized spacial score (nSPS) is 13.9.